The van der Waals surface area contributed by atoms with Gasteiger partial charge in [-0.15, -0.1) is 0 Å². The Kier molecular flexibility index (Phi) is 3.45. The molecule has 0 aromatic heterocycles. The Hall–Kier alpha value is -0.0800. The first-order valence-electron chi connectivity index (χ1n) is 6.16. The molecule has 1 N–H and O–H groups in total. The highest BCUT2D eigenvalue weighted by molar-refractivity contribution is 4.96. The van der Waals surface area contributed by atoms with Crippen LogP contribution in [-0.4, -0.2) is 25.3 Å². The summed E-state index contributed by atoms with van der Waals surface area (Å²) in [4.78, 5) is 0. The van der Waals surface area contributed by atoms with E-state index in [4.69, 9.17) is 4.74 Å². The Morgan fingerprint density at radius 3 is 2.21 bits per heavy atom. The third-order valence-corrected chi connectivity index (χ3v) is 3.35. The molecule has 2 heteroatoms. The summed E-state index contributed by atoms with van der Waals surface area (Å²) in [6.07, 6.45) is 6.20. The van der Waals surface area contributed by atoms with E-state index in [2.05, 4.69) is 19.2 Å². The molecule has 2 aliphatic carbocycles. The van der Waals surface area contributed by atoms with Crippen molar-refractivity contribution in [1.29, 1.82) is 0 Å². The van der Waals surface area contributed by atoms with E-state index in [1.807, 2.05) is 0 Å². The van der Waals surface area contributed by atoms with Crippen LogP contribution in [0.15, 0.2) is 0 Å². The van der Waals surface area contributed by atoms with E-state index in [1.165, 1.54) is 25.7 Å². The fourth-order valence-electron chi connectivity index (χ4n) is 2.27. The smallest absolute Gasteiger partial charge is 0.0671 e. The predicted molar refractivity (Wildman–Crippen MR) is 58.3 cm³/mol. The topological polar surface area (TPSA) is 21.3 Å². The summed E-state index contributed by atoms with van der Waals surface area (Å²) in [5.41, 5.74) is 0. The third kappa shape index (κ3) is 2.96. The van der Waals surface area contributed by atoms with Crippen LogP contribution in [0.5, 0.6) is 0 Å². The number of ether oxygens (including phenoxy) is 1. The van der Waals surface area contributed by atoms with E-state index in [-0.39, 0.29) is 0 Å². The predicted octanol–water partition coefficient (Wildman–Crippen LogP) is 2.19. The zero-order valence-corrected chi connectivity index (χ0v) is 9.46. The minimum absolute atomic E-state index is 0.375. The van der Waals surface area contributed by atoms with Gasteiger partial charge >= 0.3 is 0 Å². The van der Waals surface area contributed by atoms with Gasteiger partial charge < -0.3 is 10.1 Å². The summed E-state index contributed by atoms with van der Waals surface area (Å²) < 4.78 is 5.53. The second kappa shape index (κ2) is 4.63. The van der Waals surface area contributed by atoms with Gasteiger partial charge in [0, 0.05) is 19.2 Å². The summed E-state index contributed by atoms with van der Waals surface area (Å²) in [5.74, 6) is 1.99. The average molecular weight is 197 g/mol. The molecule has 82 valence electrons. The Balaban J connectivity index is 1.66. The zero-order chi connectivity index (χ0) is 9.97. The maximum atomic E-state index is 5.53. The maximum absolute atomic E-state index is 5.53. The average Bonchev–Trinajstić information content (AvgIpc) is 3.01. The largest absolute Gasteiger partial charge is 0.377 e. The summed E-state index contributed by atoms with van der Waals surface area (Å²) in [6.45, 7) is 6.09. The van der Waals surface area contributed by atoms with Gasteiger partial charge in [0.05, 0.1) is 6.10 Å². The van der Waals surface area contributed by atoms with Crippen molar-refractivity contribution in [2.75, 3.05) is 13.2 Å². The van der Waals surface area contributed by atoms with Crippen molar-refractivity contribution >= 4 is 0 Å². The van der Waals surface area contributed by atoms with E-state index < -0.39 is 0 Å². The molecule has 2 saturated carbocycles. The first-order valence-corrected chi connectivity index (χ1v) is 6.16. The molecule has 0 heterocycles. The molecule has 2 nitrogen and oxygen atoms in total. The van der Waals surface area contributed by atoms with Crippen LogP contribution in [0.2, 0.25) is 0 Å². The number of rotatable bonds is 7. The molecule has 2 fully saturated rings. The molecule has 1 atom stereocenters. The summed E-state index contributed by atoms with van der Waals surface area (Å²) >= 11 is 0. The van der Waals surface area contributed by atoms with Crippen LogP contribution >= 0.6 is 0 Å². The van der Waals surface area contributed by atoms with Crippen LogP contribution in [-0.2, 0) is 4.74 Å². The van der Waals surface area contributed by atoms with Crippen molar-refractivity contribution in [3.05, 3.63) is 0 Å². The SMILES string of the molecule is CCOC(C)CNC(C1CC1)C1CC1. The van der Waals surface area contributed by atoms with Crippen molar-refractivity contribution < 1.29 is 4.74 Å². The monoisotopic (exact) mass is 197 g/mol. The number of hydrogen-bond acceptors (Lipinski definition) is 2. The summed E-state index contributed by atoms with van der Waals surface area (Å²) in [7, 11) is 0. The fourth-order valence-corrected chi connectivity index (χ4v) is 2.27. The lowest BCUT2D eigenvalue weighted by molar-refractivity contribution is 0.0726. The Morgan fingerprint density at radius 2 is 1.79 bits per heavy atom. The first kappa shape index (κ1) is 10.4. The lowest BCUT2D eigenvalue weighted by atomic mass is 10.1. The van der Waals surface area contributed by atoms with E-state index >= 15 is 0 Å². The minimum atomic E-state index is 0.375. The normalized spacial score (nSPS) is 24.2. The van der Waals surface area contributed by atoms with Gasteiger partial charge in [0.25, 0.3) is 0 Å². The quantitative estimate of drug-likeness (QED) is 0.675. The van der Waals surface area contributed by atoms with E-state index in [1.54, 1.807) is 0 Å². The number of nitrogens with one attached hydrogen (secondary N) is 1. The van der Waals surface area contributed by atoms with Crippen molar-refractivity contribution in [1.82, 2.24) is 5.32 Å². The van der Waals surface area contributed by atoms with Crippen LogP contribution < -0.4 is 5.32 Å². The van der Waals surface area contributed by atoms with Crippen LogP contribution in [0, 0.1) is 11.8 Å². The van der Waals surface area contributed by atoms with Gasteiger partial charge in [0.15, 0.2) is 0 Å². The Labute approximate surface area is 87.4 Å². The van der Waals surface area contributed by atoms with E-state index in [0.717, 1.165) is 31.0 Å². The Morgan fingerprint density at radius 1 is 1.21 bits per heavy atom. The molecule has 0 amide bonds. The fraction of sp³-hybridized carbons (Fsp3) is 1.00. The van der Waals surface area contributed by atoms with Crippen LogP contribution in [0.4, 0.5) is 0 Å². The molecule has 0 saturated heterocycles. The number of hydrogen-bond donors (Lipinski definition) is 1. The van der Waals surface area contributed by atoms with Crippen LogP contribution in [0.25, 0.3) is 0 Å². The van der Waals surface area contributed by atoms with Gasteiger partial charge in [-0.25, -0.2) is 0 Å². The van der Waals surface area contributed by atoms with Crippen LogP contribution in [0.3, 0.4) is 0 Å². The Bertz CT molecular complexity index is 163. The van der Waals surface area contributed by atoms with Gasteiger partial charge in [-0.1, -0.05) is 0 Å². The molecular formula is C12H23NO. The van der Waals surface area contributed by atoms with Crippen molar-refractivity contribution in [3.63, 3.8) is 0 Å². The molecule has 0 bridgehead atoms. The molecule has 2 rings (SSSR count). The molecular weight excluding hydrogens is 174 g/mol. The van der Waals surface area contributed by atoms with Gasteiger partial charge in [-0.05, 0) is 51.4 Å². The van der Waals surface area contributed by atoms with Crippen molar-refractivity contribution in [3.8, 4) is 0 Å². The maximum Gasteiger partial charge on any atom is 0.0671 e. The molecule has 2 aliphatic rings. The summed E-state index contributed by atoms with van der Waals surface area (Å²) in [6, 6.07) is 0.818. The third-order valence-electron chi connectivity index (χ3n) is 3.35. The highest BCUT2D eigenvalue weighted by Gasteiger charge is 2.41. The lowest BCUT2D eigenvalue weighted by Crippen LogP contribution is -2.38. The summed E-state index contributed by atoms with van der Waals surface area (Å²) in [5, 5.41) is 3.70. The minimum Gasteiger partial charge on any atom is -0.377 e. The second-order valence-electron chi connectivity index (χ2n) is 4.87. The van der Waals surface area contributed by atoms with Crippen molar-refractivity contribution in [2.45, 2.75) is 51.7 Å². The van der Waals surface area contributed by atoms with Gasteiger partial charge in [-0.3, -0.25) is 0 Å². The highest BCUT2D eigenvalue weighted by Crippen LogP contribution is 2.44. The van der Waals surface area contributed by atoms with Gasteiger partial charge in [0.1, 0.15) is 0 Å². The highest BCUT2D eigenvalue weighted by atomic mass is 16.5. The van der Waals surface area contributed by atoms with E-state index in [9.17, 15) is 0 Å². The van der Waals surface area contributed by atoms with Crippen molar-refractivity contribution in [2.24, 2.45) is 11.8 Å². The van der Waals surface area contributed by atoms with Gasteiger partial charge in [0.2, 0.25) is 0 Å². The lowest BCUT2D eigenvalue weighted by Gasteiger charge is -2.20. The van der Waals surface area contributed by atoms with Gasteiger partial charge in [-0.2, -0.15) is 0 Å². The zero-order valence-electron chi connectivity index (χ0n) is 9.46. The van der Waals surface area contributed by atoms with Crippen LogP contribution in [0.1, 0.15) is 39.5 Å². The molecule has 1 unspecified atom stereocenters. The molecule has 0 radical (unpaired) electrons. The second-order valence-corrected chi connectivity index (χ2v) is 4.87. The standard InChI is InChI=1S/C12H23NO/c1-3-14-9(2)8-13-12(10-4-5-10)11-6-7-11/h9-13H,3-8H2,1-2H3. The van der Waals surface area contributed by atoms with E-state index in [0.29, 0.717) is 6.10 Å². The molecule has 0 aromatic carbocycles. The molecule has 0 aromatic rings. The molecule has 14 heavy (non-hydrogen) atoms. The molecule has 0 aliphatic heterocycles. The molecule has 0 spiro atoms. The first-order chi connectivity index (χ1) is 6.81.